The lowest BCUT2D eigenvalue weighted by Gasteiger charge is -2.42. The number of carbonyl (C=O) groups excluding carboxylic acids is 7. The Morgan fingerprint density at radius 1 is 0.294 bits per heavy atom. The highest BCUT2D eigenvalue weighted by atomic mass is 16.3. The number of rotatable bonds is 14. The van der Waals surface area contributed by atoms with Crippen molar-refractivity contribution in [3.05, 3.63) is 0 Å². The average Bonchev–Trinajstić information content (AvgIpc) is 4.22. The summed E-state index contributed by atoms with van der Waals surface area (Å²) in [5.74, 6) is -0.512. The van der Waals surface area contributed by atoms with Gasteiger partial charge in [0.1, 0.15) is 39.2 Å². The Labute approximate surface area is 510 Å². The van der Waals surface area contributed by atoms with E-state index in [2.05, 4.69) is 6.92 Å². The van der Waals surface area contributed by atoms with Crippen LogP contribution >= 0.6 is 0 Å². The van der Waals surface area contributed by atoms with Gasteiger partial charge in [-0.25, -0.2) is 0 Å². The lowest BCUT2D eigenvalue weighted by Crippen LogP contribution is -2.62. The van der Waals surface area contributed by atoms with Crippen LogP contribution in [0.1, 0.15) is 245 Å². The monoisotopic (exact) mass is 1210 g/mol. The summed E-state index contributed by atoms with van der Waals surface area (Å²) >= 11 is 0. The third-order valence-electron chi connectivity index (χ3n) is 18.5. The summed E-state index contributed by atoms with van der Waals surface area (Å²) in [7, 11) is 0. The zero-order valence-corrected chi connectivity index (χ0v) is 55.1. The van der Waals surface area contributed by atoms with Crippen molar-refractivity contribution in [3.63, 3.8) is 0 Å². The maximum atomic E-state index is 11.7. The second kappa shape index (κ2) is 33.8. The molecule has 10 unspecified atom stereocenters. The Kier molecular flexibility index (Phi) is 31.9. The minimum absolute atomic E-state index is 0.00213. The van der Waals surface area contributed by atoms with Crippen LogP contribution in [0.25, 0.3) is 0 Å². The van der Waals surface area contributed by atoms with E-state index in [1.807, 2.05) is 55.4 Å². The summed E-state index contributed by atoms with van der Waals surface area (Å²) in [5, 5.41) is 69.3. The van der Waals surface area contributed by atoms with Crippen LogP contribution in [0.15, 0.2) is 0 Å². The number of carbonyl (C=O) groups is 7. The van der Waals surface area contributed by atoms with Gasteiger partial charge in [-0.2, -0.15) is 0 Å². The molecule has 0 amide bonds. The molecular formula is C65H122N6O14. The molecule has 0 aromatic rings. The quantitative estimate of drug-likeness (QED) is 0.110. The number of hydrogen-bond acceptors (Lipinski definition) is 20. The highest BCUT2D eigenvalue weighted by Crippen LogP contribution is 2.38. The number of aliphatic hydroxyl groups is 7. The molecule has 10 atom stereocenters. The van der Waals surface area contributed by atoms with Crippen LogP contribution in [-0.2, 0) is 33.6 Å². The first-order valence-corrected chi connectivity index (χ1v) is 32.2. The largest absolute Gasteiger partial charge is 0.382 e. The third-order valence-corrected chi connectivity index (χ3v) is 18.5. The smallest absolute Gasteiger partial charge is 0.168 e. The van der Waals surface area contributed by atoms with Crippen LogP contribution in [-0.4, -0.2) is 152 Å². The van der Waals surface area contributed by atoms with Crippen LogP contribution in [0.3, 0.4) is 0 Å². The molecule has 20 heteroatoms. The van der Waals surface area contributed by atoms with E-state index >= 15 is 0 Å². The molecule has 0 radical (unpaired) electrons. The molecule has 496 valence electrons. The average molecular weight is 1210 g/mol. The molecule has 0 aromatic carbocycles. The van der Waals surface area contributed by atoms with E-state index in [4.69, 9.17) is 34.4 Å². The fraction of sp³-hybridized carbons (Fsp3) is 0.892. The van der Waals surface area contributed by atoms with E-state index < -0.39 is 39.2 Å². The van der Waals surface area contributed by atoms with Gasteiger partial charge in [0, 0.05) is 77.7 Å². The number of nitrogens with two attached hydrogens (primary N) is 6. The molecule has 20 nitrogen and oxygen atoms in total. The molecule has 7 saturated carbocycles. The Bertz CT molecular complexity index is 2160. The summed E-state index contributed by atoms with van der Waals surface area (Å²) < 4.78 is 0. The highest BCUT2D eigenvalue weighted by molar-refractivity contribution is 5.92. The van der Waals surface area contributed by atoms with Gasteiger partial charge in [-0.05, 0) is 141 Å². The van der Waals surface area contributed by atoms with Crippen LogP contribution in [0.4, 0.5) is 0 Å². The van der Waals surface area contributed by atoms with Gasteiger partial charge in [-0.1, -0.05) is 110 Å². The SMILES string of the molecule is CC(C)C(=O)C1(O)CC(N)C1.CC(C)C(=O)C1(O)CCC(N)C1.CC(C)C(=O)C1(O)CCC1N.CC(C)C(=O)C1(O)CCCC(N)C1.CC(C)C(=O)C1(O)CCCC1N.CC(C)C(=O)C1(O)CCCCC1N.CC1CCC(O)(C(=O)C(C)C)CC1. The first-order valence-electron chi connectivity index (χ1n) is 32.2. The van der Waals surface area contributed by atoms with Gasteiger partial charge >= 0.3 is 0 Å². The molecule has 0 heterocycles. The zero-order valence-electron chi connectivity index (χ0n) is 55.1. The molecule has 85 heavy (non-hydrogen) atoms. The molecule has 19 N–H and O–H groups in total. The molecule has 7 fully saturated rings. The van der Waals surface area contributed by atoms with E-state index in [0.717, 1.165) is 70.6 Å². The molecular weight excluding hydrogens is 1090 g/mol. The van der Waals surface area contributed by atoms with E-state index in [1.165, 1.54) is 0 Å². The van der Waals surface area contributed by atoms with Crippen LogP contribution < -0.4 is 34.4 Å². The first kappa shape index (κ1) is 80.2. The van der Waals surface area contributed by atoms with Crippen LogP contribution in [0.5, 0.6) is 0 Å². The van der Waals surface area contributed by atoms with Gasteiger partial charge in [0.25, 0.3) is 0 Å². The first-order chi connectivity index (χ1) is 38.8. The van der Waals surface area contributed by atoms with Crippen molar-refractivity contribution < 1.29 is 69.3 Å². The minimum Gasteiger partial charge on any atom is -0.382 e. The van der Waals surface area contributed by atoms with Crippen molar-refractivity contribution in [1.29, 1.82) is 0 Å². The van der Waals surface area contributed by atoms with Crippen molar-refractivity contribution in [2.45, 2.75) is 321 Å². The summed E-state index contributed by atoms with van der Waals surface area (Å²) in [4.78, 5) is 80.7. The Balaban J connectivity index is 0.000000496. The summed E-state index contributed by atoms with van der Waals surface area (Å²) in [6, 6.07) is -1.05. The molecule has 0 aliphatic heterocycles. The van der Waals surface area contributed by atoms with E-state index in [9.17, 15) is 69.3 Å². The van der Waals surface area contributed by atoms with Gasteiger partial charge in [0.2, 0.25) is 0 Å². The topological polar surface area (TPSA) is 417 Å². The molecule has 7 aliphatic rings. The second-order valence-corrected chi connectivity index (χ2v) is 28.7. The number of ketones is 7. The fourth-order valence-electron chi connectivity index (χ4n) is 12.6. The normalized spacial score (nSPS) is 35.8. The van der Waals surface area contributed by atoms with Gasteiger partial charge in [-0.15, -0.1) is 0 Å². The molecule has 0 spiro atoms. The number of hydrogen-bond donors (Lipinski definition) is 13. The van der Waals surface area contributed by atoms with Crippen molar-refractivity contribution in [3.8, 4) is 0 Å². The van der Waals surface area contributed by atoms with Crippen LogP contribution in [0, 0.1) is 47.3 Å². The standard InChI is InChI=1S/C11H20O2.2C10H19NO2.2C9H17NO2.2C8H15NO2/c1-8(2)10(12)11(13)6-4-9(3)5-7-11;1-7(2)9(12)10(13)5-3-4-8(11)6-10;1-7(2)9(12)10(13)6-4-3-5-8(10)11;1-6(2)8(11)9(12)4-3-7(10)5-9;1-6(2)8(11)9(12)5-3-4-7(9)10;1-5(2)7(10)8(11)3-6(9)4-8;1-5(2)7(10)8(11)4-3-6(8)9/h8-9,13H,4-7H2,1-3H3;2*7-8,13H,3-6,11H2,1-2H3;2*6-7,12H,3-5,10H2,1-2H3;2*5-6,11H,3-4,9H2,1-2H3. The highest BCUT2D eigenvalue weighted by Gasteiger charge is 2.51. The zero-order chi connectivity index (χ0) is 66.2. The molecule has 0 aromatic heterocycles. The fourth-order valence-corrected chi connectivity index (χ4v) is 12.6. The minimum atomic E-state index is -1.24. The summed E-state index contributed by atoms with van der Waals surface area (Å²) in [6.45, 7) is 27.5. The van der Waals surface area contributed by atoms with Crippen molar-refractivity contribution in [2.75, 3.05) is 0 Å². The Morgan fingerprint density at radius 2 is 0.576 bits per heavy atom. The Hall–Kier alpha value is -2.83. The van der Waals surface area contributed by atoms with Gasteiger partial charge in [-0.3, -0.25) is 33.6 Å². The Morgan fingerprint density at radius 3 is 0.882 bits per heavy atom. The third kappa shape index (κ3) is 22.3. The molecule has 7 aliphatic carbocycles. The van der Waals surface area contributed by atoms with Gasteiger partial charge < -0.3 is 70.1 Å². The van der Waals surface area contributed by atoms with Crippen molar-refractivity contribution in [2.24, 2.45) is 81.7 Å². The second-order valence-electron chi connectivity index (χ2n) is 28.7. The van der Waals surface area contributed by atoms with E-state index in [-0.39, 0.29) is 118 Å². The summed E-state index contributed by atoms with van der Waals surface area (Å²) in [5.41, 5.74) is 25.8. The van der Waals surface area contributed by atoms with E-state index in [0.29, 0.717) is 76.5 Å². The lowest BCUT2D eigenvalue weighted by atomic mass is 9.70. The van der Waals surface area contributed by atoms with Gasteiger partial charge in [0.15, 0.2) is 40.5 Å². The number of Topliss-reactive ketones (excluding diaryl/α,β-unsaturated/α-hetero) is 7. The predicted octanol–water partition coefficient (Wildman–Crippen LogP) is 4.88. The van der Waals surface area contributed by atoms with Crippen LogP contribution in [0.2, 0.25) is 0 Å². The van der Waals surface area contributed by atoms with Crippen molar-refractivity contribution in [1.82, 2.24) is 0 Å². The van der Waals surface area contributed by atoms with E-state index in [1.54, 1.807) is 41.5 Å². The maximum absolute atomic E-state index is 11.7. The molecule has 7 rings (SSSR count). The molecule has 0 saturated heterocycles. The van der Waals surface area contributed by atoms with Gasteiger partial charge in [0.05, 0.1) is 0 Å². The maximum Gasteiger partial charge on any atom is 0.168 e. The summed E-state index contributed by atoms with van der Waals surface area (Å²) in [6.07, 6.45) is 15.3. The molecule has 0 bridgehead atoms. The lowest BCUT2D eigenvalue weighted by molar-refractivity contribution is -0.152. The predicted molar refractivity (Wildman–Crippen MR) is 332 cm³/mol. The van der Waals surface area contributed by atoms with Crippen molar-refractivity contribution >= 4 is 40.5 Å².